The fraction of sp³-hybridized carbons (Fsp3) is 0.375. The second kappa shape index (κ2) is 7.35. The number of hydrogen-bond acceptors (Lipinski definition) is 5. The van der Waals surface area contributed by atoms with E-state index in [1.165, 1.54) is 11.8 Å². The molecule has 118 valence electrons. The third-order valence-electron chi connectivity index (χ3n) is 3.30. The average molecular weight is 320 g/mol. The van der Waals surface area contributed by atoms with Gasteiger partial charge in [-0.3, -0.25) is 4.79 Å². The normalized spacial score (nSPS) is 10.5. The molecule has 0 saturated heterocycles. The quantitative estimate of drug-likeness (QED) is 0.655. The Morgan fingerprint density at radius 1 is 1.32 bits per heavy atom. The monoisotopic (exact) mass is 320 g/mol. The van der Waals surface area contributed by atoms with Crippen molar-refractivity contribution in [1.29, 1.82) is 0 Å². The molecule has 22 heavy (non-hydrogen) atoms. The van der Waals surface area contributed by atoms with Crippen molar-refractivity contribution in [2.75, 3.05) is 20.0 Å². The van der Waals surface area contributed by atoms with Gasteiger partial charge in [0.15, 0.2) is 16.7 Å². The van der Waals surface area contributed by atoms with Crippen LogP contribution in [0.5, 0.6) is 11.5 Å². The summed E-state index contributed by atoms with van der Waals surface area (Å²) in [6.45, 7) is 4.36. The van der Waals surface area contributed by atoms with Crippen molar-refractivity contribution in [3.8, 4) is 11.5 Å². The molecule has 1 heterocycles. The summed E-state index contributed by atoms with van der Waals surface area (Å²) < 4.78 is 10.8. The largest absolute Gasteiger partial charge is 0.493 e. The molecule has 0 radical (unpaired) electrons. The molecule has 0 aliphatic heterocycles. The van der Waals surface area contributed by atoms with Gasteiger partial charge in [-0.2, -0.15) is 0 Å². The zero-order valence-electron chi connectivity index (χ0n) is 13.2. The minimum atomic E-state index is -0.0929. The Balaban J connectivity index is 2.33. The zero-order chi connectivity index (χ0) is 16.1. The Bertz CT molecular complexity index is 713. The highest BCUT2D eigenvalue weighted by atomic mass is 32.2. The van der Waals surface area contributed by atoms with E-state index in [-0.39, 0.29) is 5.56 Å². The number of rotatable bonds is 6. The van der Waals surface area contributed by atoms with Gasteiger partial charge in [0.2, 0.25) is 0 Å². The van der Waals surface area contributed by atoms with E-state index in [9.17, 15) is 4.79 Å². The molecule has 0 spiro atoms. The Kier molecular flexibility index (Phi) is 5.49. The fourth-order valence-electron chi connectivity index (χ4n) is 2.19. The number of H-pyrrole nitrogens is 1. The number of thioether (sulfide) groups is 1. The molecule has 0 aliphatic rings. The minimum Gasteiger partial charge on any atom is -0.493 e. The van der Waals surface area contributed by atoms with Crippen LogP contribution < -0.4 is 15.0 Å². The minimum absolute atomic E-state index is 0.0929. The highest BCUT2D eigenvalue weighted by Crippen LogP contribution is 2.28. The topological polar surface area (TPSA) is 64.2 Å². The maximum absolute atomic E-state index is 12.2. The lowest BCUT2D eigenvalue weighted by Gasteiger charge is -2.11. The molecule has 6 heteroatoms. The van der Waals surface area contributed by atoms with Gasteiger partial charge < -0.3 is 14.5 Å². The van der Waals surface area contributed by atoms with Crippen LogP contribution in [0.3, 0.4) is 0 Å². The first-order valence-electron chi connectivity index (χ1n) is 7.02. The molecule has 0 aliphatic carbocycles. The smallest absolute Gasteiger partial charge is 0.255 e. The van der Waals surface area contributed by atoms with Crippen LogP contribution in [-0.4, -0.2) is 29.9 Å². The first kappa shape index (κ1) is 16.4. The Morgan fingerprint density at radius 2 is 2.09 bits per heavy atom. The third kappa shape index (κ3) is 3.62. The molecule has 0 atom stereocenters. The number of aromatic amines is 1. The number of hydrogen-bond donors (Lipinski definition) is 1. The Hall–Kier alpha value is -1.95. The van der Waals surface area contributed by atoms with Crippen LogP contribution in [0.2, 0.25) is 0 Å². The summed E-state index contributed by atoms with van der Waals surface area (Å²) in [7, 11) is 1.61. The van der Waals surface area contributed by atoms with E-state index in [1.54, 1.807) is 7.11 Å². The van der Waals surface area contributed by atoms with Gasteiger partial charge in [-0.15, -0.1) is 0 Å². The standard InChI is InChI=1S/C16H20N2O3S/c1-5-21-13-7-6-11(9-14(13)20-3)8-12-10(2)17-16(22-4)18-15(12)19/h6-7,9H,5,8H2,1-4H3,(H,17,18,19). The molecule has 5 nitrogen and oxygen atoms in total. The van der Waals surface area contributed by atoms with Crippen molar-refractivity contribution in [3.05, 3.63) is 45.4 Å². The van der Waals surface area contributed by atoms with Crippen LogP contribution in [0.15, 0.2) is 28.2 Å². The van der Waals surface area contributed by atoms with Crippen LogP contribution in [0.1, 0.15) is 23.7 Å². The second-order valence-electron chi connectivity index (χ2n) is 4.73. The highest BCUT2D eigenvalue weighted by molar-refractivity contribution is 7.98. The van der Waals surface area contributed by atoms with Crippen molar-refractivity contribution in [2.24, 2.45) is 0 Å². The number of benzene rings is 1. The average Bonchev–Trinajstić information content (AvgIpc) is 2.52. The number of aryl methyl sites for hydroxylation is 1. The maximum Gasteiger partial charge on any atom is 0.255 e. The molecule has 0 bridgehead atoms. The van der Waals surface area contributed by atoms with Gasteiger partial charge in [-0.05, 0) is 37.8 Å². The summed E-state index contributed by atoms with van der Waals surface area (Å²) in [5.41, 5.74) is 2.31. The number of ether oxygens (including phenoxy) is 2. The Labute approximate surface area is 134 Å². The van der Waals surface area contributed by atoms with Crippen molar-refractivity contribution in [1.82, 2.24) is 9.97 Å². The van der Waals surface area contributed by atoms with E-state index < -0.39 is 0 Å². The van der Waals surface area contributed by atoms with Gasteiger partial charge in [-0.1, -0.05) is 17.8 Å². The predicted octanol–water partition coefficient (Wildman–Crippen LogP) is 2.80. The summed E-state index contributed by atoms with van der Waals surface area (Å²) in [4.78, 5) is 19.4. The van der Waals surface area contributed by atoms with Crippen LogP contribution in [-0.2, 0) is 6.42 Å². The van der Waals surface area contributed by atoms with E-state index in [0.717, 1.165) is 11.3 Å². The van der Waals surface area contributed by atoms with Crippen LogP contribution in [0, 0.1) is 6.92 Å². The lowest BCUT2D eigenvalue weighted by molar-refractivity contribution is 0.310. The molecule has 0 fully saturated rings. The highest BCUT2D eigenvalue weighted by Gasteiger charge is 2.11. The molecule has 0 amide bonds. The molecular weight excluding hydrogens is 300 g/mol. The number of aromatic nitrogens is 2. The van der Waals surface area contributed by atoms with Gasteiger partial charge in [0.05, 0.1) is 13.7 Å². The summed E-state index contributed by atoms with van der Waals surface area (Å²) >= 11 is 1.42. The lowest BCUT2D eigenvalue weighted by Crippen LogP contribution is -2.17. The lowest BCUT2D eigenvalue weighted by atomic mass is 10.0. The summed E-state index contributed by atoms with van der Waals surface area (Å²) in [5.74, 6) is 1.37. The van der Waals surface area contributed by atoms with Crippen LogP contribution >= 0.6 is 11.8 Å². The molecule has 0 saturated carbocycles. The zero-order valence-corrected chi connectivity index (χ0v) is 14.0. The molecule has 2 aromatic rings. The van der Waals surface area contributed by atoms with Crippen molar-refractivity contribution >= 4 is 11.8 Å². The maximum atomic E-state index is 12.2. The molecule has 1 N–H and O–H groups in total. The van der Waals surface area contributed by atoms with Gasteiger partial charge in [0, 0.05) is 17.7 Å². The van der Waals surface area contributed by atoms with Gasteiger partial charge >= 0.3 is 0 Å². The molecule has 0 unspecified atom stereocenters. The van der Waals surface area contributed by atoms with E-state index in [1.807, 2.05) is 38.3 Å². The molecule has 1 aromatic heterocycles. The van der Waals surface area contributed by atoms with Gasteiger partial charge in [-0.25, -0.2) is 4.98 Å². The molecular formula is C16H20N2O3S. The Morgan fingerprint density at radius 3 is 2.68 bits per heavy atom. The van der Waals surface area contributed by atoms with E-state index in [2.05, 4.69) is 9.97 Å². The predicted molar refractivity (Wildman–Crippen MR) is 88.3 cm³/mol. The van der Waals surface area contributed by atoms with E-state index in [4.69, 9.17) is 9.47 Å². The fourth-order valence-corrected chi connectivity index (χ4v) is 2.61. The van der Waals surface area contributed by atoms with Gasteiger partial charge in [0.1, 0.15) is 0 Å². The van der Waals surface area contributed by atoms with E-state index in [0.29, 0.717) is 35.2 Å². The SMILES string of the molecule is CCOc1ccc(Cc2c(C)nc(SC)[nH]c2=O)cc1OC. The number of methoxy groups -OCH3 is 1. The van der Waals surface area contributed by atoms with Crippen LogP contribution in [0.4, 0.5) is 0 Å². The summed E-state index contributed by atoms with van der Waals surface area (Å²) in [6.07, 6.45) is 2.39. The first-order chi connectivity index (χ1) is 10.6. The first-order valence-corrected chi connectivity index (χ1v) is 8.25. The summed E-state index contributed by atoms with van der Waals surface area (Å²) in [5, 5.41) is 0.635. The van der Waals surface area contributed by atoms with Crippen LogP contribution in [0.25, 0.3) is 0 Å². The number of nitrogens with one attached hydrogen (secondary N) is 1. The van der Waals surface area contributed by atoms with Crippen molar-refractivity contribution in [3.63, 3.8) is 0 Å². The molecule has 2 rings (SSSR count). The number of nitrogens with zero attached hydrogens (tertiary/aromatic N) is 1. The third-order valence-corrected chi connectivity index (χ3v) is 3.88. The van der Waals surface area contributed by atoms with E-state index >= 15 is 0 Å². The van der Waals surface area contributed by atoms with Gasteiger partial charge in [0.25, 0.3) is 5.56 Å². The summed E-state index contributed by atoms with van der Waals surface area (Å²) in [6, 6.07) is 5.70. The second-order valence-corrected chi connectivity index (χ2v) is 5.53. The van der Waals surface area contributed by atoms with Crippen molar-refractivity contribution in [2.45, 2.75) is 25.4 Å². The molecule has 1 aromatic carbocycles. The van der Waals surface area contributed by atoms with Crippen molar-refractivity contribution < 1.29 is 9.47 Å².